The molecule has 1 aromatic carbocycles. The van der Waals surface area contributed by atoms with Crippen LogP contribution in [0.3, 0.4) is 0 Å². The maximum Gasteiger partial charge on any atom is 0.262 e. The third kappa shape index (κ3) is 2.88. The number of carbonyl (C=O) groups is 1. The fraction of sp³-hybridized carbons (Fsp3) is 0. The lowest BCUT2D eigenvalue weighted by atomic mass is 10.2. The summed E-state index contributed by atoms with van der Waals surface area (Å²) in [6.07, 6.45) is 6.32. The number of anilines is 1. The molecule has 0 atom stereocenters. The highest BCUT2D eigenvalue weighted by Gasteiger charge is 2.22. The first-order valence-corrected chi connectivity index (χ1v) is 8.39. The Balaban J connectivity index is 1.83. The van der Waals surface area contributed by atoms with Crippen LogP contribution in [-0.2, 0) is 0 Å². The van der Waals surface area contributed by atoms with E-state index >= 15 is 0 Å². The Kier molecular flexibility index (Phi) is 4.05. The van der Waals surface area contributed by atoms with Gasteiger partial charge in [-0.25, -0.2) is 18.4 Å². The quantitative estimate of drug-likeness (QED) is 0.596. The minimum absolute atomic E-state index is 0.0309. The van der Waals surface area contributed by atoms with Gasteiger partial charge in [0.15, 0.2) is 16.8 Å². The number of halogens is 2. The first kappa shape index (κ1) is 16.2. The summed E-state index contributed by atoms with van der Waals surface area (Å²) in [5, 5.41) is 8.99. The largest absolute Gasteiger partial charge is 0.308 e. The monoisotopic (exact) mass is 371 g/mol. The van der Waals surface area contributed by atoms with Crippen LogP contribution in [0.25, 0.3) is 11.5 Å². The van der Waals surface area contributed by atoms with Gasteiger partial charge in [0.25, 0.3) is 5.91 Å². The predicted molar refractivity (Wildman–Crippen MR) is 92.9 cm³/mol. The molecule has 0 aliphatic rings. The lowest BCUT2D eigenvalue weighted by Gasteiger charge is -2.11. The van der Waals surface area contributed by atoms with Crippen molar-refractivity contribution in [1.29, 1.82) is 0 Å². The molecule has 1 N–H and O–H groups in total. The molecule has 0 bridgehead atoms. The summed E-state index contributed by atoms with van der Waals surface area (Å²) in [4.78, 5) is 16.7. The van der Waals surface area contributed by atoms with Gasteiger partial charge < -0.3 is 4.57 Å². The lowest BCUT2D eigenvalue weighted by molar-refractivity contribution is 0.102. The van der Waals surface area contributed by atoms with E-state index < -0.39 is 17.5 Å². The molecule has 9 heteroatoms. The molecule has 0 unspecified atom stereocenters. The molecule has 0 aliphatic heterocycles. The van der Waals surface area contributed by atoms with Crippen molar-refractivity contribution in [2.24, 2.45) is 0 Å². The van der Waals surface area contributed by atoms with Gasteiger partial charge in [-0.2, -0.15) is 5.10 Å². The molecule has 1 amide bonds. The van der Waals surface area contributed by atoms with E-state index in [-0.39, 0.29) is 11.3 Å². The van der Waals surface area contributed by atoms with E-state index in [1.54, 1.807) is 40.7 Å². The van der Waals surface area contributed by atoms with Crippen molar-refractivity contribution in [1.82, 2.24) is 19.3 Å². The van der Waals surface area contributed by atoms with Crippen molar-refractivity contribution >= 4 is 22.4 Å². The molecule has 6 nitrogen and oxygen atoms in total. The Morgan fingerprint density at radius 1 is 1.19 bits per heavy atom. The maximum atomic E-state index is 14.3. The minimum atomic E-state index is -0.784. The van der Waals surface area contributed by atoms with Gasteiger partial charge in [0.2, 0.25) is 0 Å². The van der Waals surface area contributed by atoms with Gasteiger partial charge in [0, 0.05) is 30.0 Å². The van der Waals surface area contributed by atoms with Gasteiger partial charge in [-0.3, -0.25) is 10.1 Å². The number of aromatic nitrogens is 4. The zero-order valence-corrected chi connectivity index (χ0v) is 14.0. The summed E-state index contributed by atoms with van der Waals surface area (Å²) < 4.78 is 30.4. The molecule has 4 aromatic rings. The smallest absolute Gasteiger partial charge is 0.262 e. The first-order chi connectivity index (χ1) is 12.6. The molecule has 0 saturated carbocycles. The minimum Gasteiger partial charge on any atom is -0.308 e. The highest BCUT2D eigenvalue weighted by molar-refractivity contribution is 7.13. The van der Waals surface area contributed by atoms with E-state index in [0.29, 0.717) is 10.9 Å². The molecule has 0 aliphatic carbocycles. The van der Waals surface area contributed by atoms with Gasteiger partial charge >= 0.3 is 0 Å². The third-order valence-electron chi connectivity index (χ3n) is 3.63. The van der Waals surface area contributed by atoms with Crippen LogP contribution in [0.2, 0.25) is 0 Å². The molecule has 130 valence electrons. The fourth-order valence-corrected chi connectivity index (χ4v) is 3.03. The molecule has 3 heterocycles. The zero-order valence-electron chi connectivity index (χ0n) is 13.1. The van der Waals surface area contributed by atoms with Crippen molar-refractivity contribution in [3.8, 4) is 11.5 Å². The molecular weight excluding hydrogens is 360 g/mol. The van der Waals surface area contributed by atoms with Crippen LogP contribution in [0, 0.1) is 11.6 Å². The molecule has 4 rings (SSSR count). The number of benzene rings is 1. The lowest BCUT2D eigenvalue weighted by Crippen LogP contribution is -2.15. The van der Waals surface area contributed by atoms with Crippen LogP contribution >= 0.6 is 11.3 Å². The first-order valence-electron chi connectivity index (χ1n) is 7.51. The van der Waals surface area contributed by atoms with E-state index in [9.17, 15) is 13.6 Å². The van der Waals surface area contributed by atoms with Crippen molar-refractivity contribution in [3.05, 3.63) is 77.7 Å². The number of rotatable bonds is 4. The predicted octanol–water partition coefficient (Wildman–Crippen LogP) is 3.65. The van der Waals surface area contributed by atoms with Crippen LogP contribution in [0.5, 0.6) is 0 Å². The van der Waals surface area contributed by atoms with Crippen LogP contribution in [-0.4, -0.2) is 25.2 Å². The average Bonchev–Trinajstić information content (AvgIpc) is 3.35. The van der Waals surface area contributed by atoms with Crippen LogP contribution < -0.4 is 5.32 Å². The fourth-order valence-electron chi connectivity index (χ4n) is 2.51. The number of nitrogens with zero attached hydrogens (tertiary/aromatic N) is 4. The van der Waals surface area contributed by atoms with Crippen LogP contribution in [0.4, 0.5) is 13.9 Å². The Hall–Kier alpha value is -3.33. The summed E-state index contributed by atoms with van der Waals surface area (Å²) in [5.74, 6) is -1.58. The molecule has 0 saturated heterocycles. The second-order valence-electron chi connectivity index (χ2n) is 5.27. The summed E-state index contributed by atoms with van der Waals surface area (Å²) >= 11 is 1.28. The molecule has 0 fully saturated rings. The van der Waals surface area contributed by atoms with E-state index in [4.69, 9.17) is 0 Å². The molecule has 0 radical (unpaired) electrons. The number of thiazole rings is 1. The van der Waals surface area contributed by atoms with Gasteiger partial charge in [-0.05, 0) is 24.3 Å². The van der Waals surface area contributed by atoms with Gasteiger partial charge in [-0.1, -0.05) is 0 Å². The highest BCUT2D eigenvalue weighted by atomic mass is 32.1. The second kappa shape index (κ2) is 6.52. The van der Waals surface area contributed by atoms with E-state index in [1.807, 2.05) is 0 Å². The normalized spacial score (nSPS) is 10.8. The highest BCUT2D eigenvalue weighted by Crippen LogP contribution is 2.23. The van der Waals surface area contributed by atoms with Crippen molar-refractivity contribution < 1.29 is 13.6 Å². The standard InChI is InChI=1S/C17H11F2N5OS/c18-11-3-4-14(13(19)9-11)24-16(23-6-1-2-7-23)12(10-21-24)15(25)22-17-20-5-8-26-17/h1-10H,(H,20,22,25). The van der Waals surface area contributed by atoms with Crippen molar-refractivity contribution in [2.45, 2.75) is 0 Å². The molecule has 0 spiro atoms. The zero-order chi connectivity index (χ0) is 18.1. The SMILES string of the molecule is O=C(Nc1nccs1)c1cnn(-c2ccc(F)cc2F)c1-n1cccc1. The number of nitrogens with one attached hydrogen (secondary N) is 1. The topological polar surface area (TPSA) is 64.7 Å². The summed E-state index contributed by atoms with van der Waals surface area (Å²) in [5.41, 5.74) is 0.253. The Bertz CT molecular complexity index is 1060. The van der Waals surface area contributed by atoms with Crippen LogP contribution in [0.1, 0.15) is 10.4 Å². The Morgan fingerprint density at radius 2 is 2.00 bits per heavy atom. The maximum absolute atomic E-state index is 14.3. The van der Waals surface area contributed by atoms with E-state index in [2.05, 4.69) is 15.4 Å². The van der Waals surface area contributed by atoms with E-state index in [0.717, 1.165) is 12.1 Å². The molecule has 3 aromatic heterocycles. The van der Waals surface area contributed by atoms with Crippen molar-refractivity contribution in [2.75, 3.05) is 5.32 Å². The van der Waals surface area contributed by atoms with Crippen LogP contribution in [0.15, 0.2) is 60.5 Å². The summed E-state index contributed by atoms with van der Waals surface area (Å²) in [6, 6.07) is 6.70. The Labute approximate surface area is 150 Å². The van der Waals surface area contributed by atoms with Gasteiger partial charge in [0.05, 0.1) is 6.20 Å². The second-order valence-corrected chi connectivity index (χ2v) is 6.17. The molecule has 26 heavy (non-hydrogen) atoms. The average molecular weight is 371 g/mol. The molecular formula is C17H11F2N5OS. The summed E-state index contributed by atoms with van der Waals surface area (Å²) in [6.45, 7) is 0. The summed E-state index contributed by atoms with van der Waals surface area (Å²) in [7, 11) is 0. The third-order valence-corrected chi connectivity index (χ3v) is 4.32. The van der Waals surface area contributed by atoms with Gasteiger partial charge in [-0.15, -0.1) is 11.3 Å². The van der Waals surface area contributed by atoms with Crippen molar-refractivity contribution in [3.63, 3.8) is 0 Å². The Morgan fingerprint density at radius 3 is 2.69 bits per heavy atom. The number of hydrogen-bond acceptors (Lipinski definition) is 4. The number of amides is 1. The number of hydrogen-bond donors (Lipinski definition) is 1. The number of carbonyl (C=O) groups excluding carboxylic acids is 1. The van der Waals surface area contributed by atoms with Gasteiger partial charge in [0.1, 0.15) is 17.1 Å². The van der Waals surface area contributed by atoms with E-state index in [1.165, 1.54) is 28.3 Å².